The van der Waals surface area contributed by atoms with Gasteiger partial charge in [0.25, 0.3) is 0 Å². The molecule has 7 heavy (non-hydrogen) atoms. The minimum absolute atomic E-state index is 1.00. The van der Waals surface area contributed by atoms with Crippen LogP contribution in [-0.2, 0) is 4.74 Å². The maximum absolute atomic E-state index is 4.50. The molecule has 2 heteroatoms. The molecule has 0 spiro atoms. The van der Waals surface area contributed by atoms with E-state index >= 15 is 0 Å². The summed E-state index contributed by atoms with van der Waals surface area (Å²) in [7, 11) is 6.00. The fourth-order valence-corrected chi connectivity index (χ4v) is 0. The van der Waals surface area contributed by atoms with Crippen LogP contribution in [-0.4, -0.2) is 39.3 Å². The van der Waals surface area contributed by atoms with Crippen molar-refractivity contribution in [1.29, 1.82) is 0 Å². The second-order valence-electron chi connectivity index (χ2n) is 1.95. The van der Waals surface area contributed by atoms with E-state index in [2.05, 4.69) is 4.74 Å². The zero-order chi connectivity index (χ0) is 5.70. The van der Waals surface area contributed by atoms with E-state index in [1.54, 1.807) is 0 Å². The summed E-state index contributed by atoms with van der Waals surface area (Å²) in [6, 6.07) is 0. The molecule has 0 aliphatic carbocycles. The molecule has 1 fully saturated rings. The van der Waals surface area contributed by atoms with Gasteiger partial charge in [-0.1, -0.05) is 0 Å². The Morgan fingerprint density at radius 3 is 1.29 bits per heavy atom. The van der Waals surface area contributed by atoms with Gasteiger partial charge >= 0.3 is 0 Å². The molecular formula is C5H13NO. The van der Waals surface area contributed by atoms with Crippen molar-refractivity contribution in [3.05, 3.63) is 0 Å². The fourth-order valence-electron chi connectivity index (χ4n) is 0. The van der Waals surface area contributed by atoms with Gasteiger partial charge in [-0.3, -0.25) is 0 Å². The molecule has 0 unspecified atom stereocenters. The summed E-state index contributed by atoms with van der Waals surface area (Å²) in [6.07, 6.45) is 0. The Morgan fingerprint density at radius 1 is 1.14 bits per heavy atom. The average Bonchev–Trinajstić information content (AvgIpc) is 2.02. The van der Waals surface area contributed by atoms with Crippen molar-refractivity contribution in [3.63, 3.8) is 0 Å². The Hall–Kier alpha value is -0.0800. The number of rotatable bonds is 0. The third-order valence-electron chi connectivity index (χ3n) is 0.204. The molecule has 1 heterocycles. The smallest absolute Gasteiger partial charge is 0.0701 e. The van der Waals surface area contributed by atoms with Crippen LogP contribution >= 0.6 is 0 Å². The van der Waals surface area contributed by atoms with Crippen LogP contribution in [0, 0.1) is 0 Å². The van der Waals surface area contributed by atoms with Gasteiger partial charge in [0.2, 0.25) is 0 Å². The van der Waals surface area contributed by atoms with Crippen LogP contribution in [0.15, 0.2) is 0 Å². The molecule has 44 valence electrons. The predicted octanol–water partition coefficient (Wildman–Crippen LogP) is 0.194. The molecule has 0 N–H and O–H groups in total. The first-order chi connectivity index (χ1) is 3.23. The number of hydrogen-bond acceptors (Lipinski definition) is 2. The number of ether oxygens (including phenoxy) is 1. The molecule has 0 aromatic heterocycles. The summed E-state index contributed by atoms with van der Waals surface area (Å²) in [6.45, 7) is 2.00. The first-order valence-electron chi connectivity index (χ1n) is 2.42. The van der Waals surface area contributed by atoms with E-state index in [0.29, 0.717) is 0 Å². The van der Waals surface area contributed by atoms with E-state index in [4.69, 9.17) is 0 Å². The van der Waals surface area contributed by atoms with Gasteiger partial charge in [-0.15, -0.1) is 0 Å². The maximum Gasteiger partial charge on any atom is 0.0701 e. The van der Waals surface area contributed by atoms with Crippen molar-refractivity contribution in [2.75, 3.05) is 34.4 Å². The van der Waals surface area contributed by atoms with Gasteiger partial charge in [-0.25, -0.2) is 0 Å². The van der Waals surface area contributed by atoms with E-state index < -0.39 is 0 Å². The Bertz CT molecular complexity index is 29.6. The van der Waals surface area contributed by atoms with E-state index in [0.717, 1.165) is 13.2 Å². The summed E-state index contributed by atoms with van der Waals surface area (Å²) < 4.78 is 4.50. The van der Waals surface area contributed by atoms with Gasteiger partial charge < -0.3 is 9.64 Å². The van der Waals surface area contributed by atoms with Crippen LogP contribution in [0.3, 0.4) is 0 Å². The minimum Gasteiger partial charge on any atom is -0.377 e. The van der Waals surface area contributed by atoms with Crippen molar-refractivity contribution in [3.8, 4) is 0 Å². The quantitative estimate of drug-likeness (QED) is 0.407. The molecule has 1 aliphatic heterocycles. The molecule has 0 radical (unpaired) electrons. The lowest BCUT2D eigenvalue weighted by molar-refractivity contribution is 0.475. The molecule has 0 bridgehead atoms. The topological polar surface area (TPSA) is 15.8 Å². The van der Waals surface area contributed by atoms with Crippen LogP contribution in [0.2, 0.25) is 0 Å². The second kappa shape index (κ2) is 4.09. The highest BCUT2D eigenvalue weighted by molar-refractivity contribution is 4.36. The molecule has 0 aromatic rings. The van der Waals surface area contributed by atoms with Crippen molar-refractivity contribution in [2.45, 2.75) is 0 Å². The zero-order valence-electron chi connectivity index (χ0n) is 5.27. The van der Waals surface area contributed by atoms with Gasteiger partial charge in [0.1, 0.15) is 0 Å². The van der Waals surface area contributed by atoms with Gasteiger partial charge in [0.05, 0.1) is 13.2 Å². The highest BCUT2D eigenvalue weighted by atomic mass is 16.6. The summed E-state index contributed by atoms with van der Waals surface area (Å²) in [4.78, 5) is 2.00. The van der Waals surface area contributed by atoms with Crippen molar-refractivity contribution in [2.24, 2.45) is 0 Å². The van der Waals surface area contributed by atoms with Crippen molar-refractivity contribution < 1.29 is 4.74 Å². The highest BCUT2D eigenvalue weighted by Crippen LogP contribution is 1.84. The summed E-state index contributed by atoms with van der Waals surface area (Å²) in [5.74, 6) is 0. The molecule has 0 amide bonds. The zero-order valence-corrected chi connectivity index (χ0v) is 5.27. The largest absolute Gasteiger partial charge is 0.377 e. The average molecular weight is 103 g/mol. The summed E-state index contributed by atoms with van der Waals surface area (Å²) >= 11 is 0. The lowest BCUT2D eigenvalue weighted by atomic mass is 11.0. The number of epoxide rings is 1. The molecule has 1 saturated heterocycles. The minimum atomic E-state index is 1.00. The lowest BCUT2D eigenvalue weighted by Crippen LogP contribution is -1.99. The highest BCUT2D eigenvalue weighted by Gasteiger charge is 1.94. The second-order valence-corrected chi connectivity index (χ2v) is 1.95. The Morgan fingerprint density at radius 2 is 1.29 bits per heavy atom. The van der Waals surface area contributed by atoms with Crippen LogP contribution in [0.5, 0.6) is 0 Å². The van der Waals surface area contributed by atoms with Gasteiger partial charge in [-0.2, -0.15) is 0 Å². The van der Waals surface area contributed by atoms with Gasteiger partial charge in [-0.05, 0) is 21.1 Å². The van der Waals surface area contributed by atoms with Crippen molar-refractivity contribution >= 4 is 0 Å². The molecule has 0 saturated carbocycles. The molecule has 0 atom stereocenters. The summed E-state index contributed by atoms with van der Waals surface area (Å²) in [5.41, 5.74) is 0. The Labute approximate surface area is 45.1 Å². The van der Waals surface area contributed by atoms with Gasteiger partial charge in [0, 0.05) is 0 Å². The molecule has 1 aliphatic rings. The van der Waals surface area contributed by atoms with E-state index in [1.165, 1.54) is 0 Å². The molecular weight excluding hydrogens is 90.1 g/mol. The maximum atomic E-state index is 4.50. The van der Waals surface area contributed by atoms with Gasteiger partial charge in [0.15, 0.2) is 0 Å². The number of nitrogens with zero attached hydrogens (tertiary/aromatic N) is 1. The normalized spacial score (nSPS) is 15.4. The van der Waals surface area contributed by atoms with Crippen LogP contribution in [0.25, 0.3) is 0 Å². The Balaban J connectivity index is 0.000000105. The third-order valence-corrected chi connectivity index (χ3v) is 0.204. The lowest BCUT2D eigenvalue weighted by Gasteiger charge is -1.90. The van der Waals surface area contributed by atoms with Crippen LogP contribution in [0.4, 0.5) is 0 Å². The van der Waals surface area contributed by atoms with Crippen molar-refractivity contribution in [1.82, 2.24) is 4.90 Å². The van der Waals surface area contributed by atoms with E-state index in [9.17, 15) is 0 Å². The monoisotopic (exact) mass is 103 g/mol. The van der Waals surface area contributed by atoms with Crippen LogP contribution in [0.1, 0.15) is 0 Å². The summed E-state index contributed by atoms with van der Waals surface area (Å²) in [5, 5.41) is 0. The third kappa shape index (κ3) is 107. The van der Waals surface area contributed by atoms with E-state index in [1.807, 2.05) is 26.0 Å². The number of hydrogen-bond donors (Lipinski definition) is 0. The Kier molecular flexibility index (Phi) is 4.04. The van der Waals surface area contributed by atoms with Crippen LogP contribution < -0.4 is 0 Å². The molecule has 0 aromatic carbocycles. The standard InChI is InChI=1S/C3H9N.C2H4O/c1-4(2)3;1-2-3-1/h1-3H3;1-2H2. The first-order valence-corrected chi connectivity index (χ1v) is 2.42. The van der Waals surface area contributed by atoms with E-state index in [-0.39, 0.29) is 0 Å². The molecule has 1 rings (SSSR count). The molecule has 2 nitrogen and oxygen atoms in total. The SMILES string of the molecule is C1CO1.CN(C)C. The fraction of sp³-hybridized carbons (Fsp3) is 1.00. The predicted molar refractivity (Wildman–Crippen MR) is 30.4 cm³/mol. The first kappa shape index (κ1) is 6.92.